The first-order chi connectivity index (χ1) is 23.3. The highest BCUT2D eigenvalue weighted by atomic mass is 16.3. The average molecular weight is 603 g/mol. The average Bonchev–Trinajstić information content (AvgIpc) is 3.54. The fourth-order valence-corrected chi connectivity index (χ4v) is 6.21. The van der Waals surface area contributed by atoms with Gasteiger partial charge in [0.25, 0.3) is 0 Å². The van der Waals surface area contributed by atoms with Gasteiger partial charge in [-0.15, -0.1) is 0 Å². The summed E-state index contributed by atoms with van der Waals surface area (Å²) in [6.45, 7) is 0. The van der Waals surface area contributed by atoms with Gasteiger partial charge in [-0.1, -0.05) is 127 Å². The lowest BCUT2D eigenvalue weighted by atomic mass is 10.0. The molecule has 6 aromatic carbocycles. The number of aromatic nitrogens is 4. The molecule has 0 bridgehead atoms. The van der Waals surface area contributed by atoms with E-state index in [1.54, 1.807) is 0 Å². The highest BCUT2D eigenvalue weighted by molar-refractivity contribution is 6.11. The predicted molar refractivity (Wildman–Crippen MR) is 190 cm³/mol. The Kier molecular flexibility index (Phi) is 6.39. The van der Waals surface area contributed by atoms with Crippen LogP contribution in [0.5, 0.6) is 0 Å². The van der Waals surface area contributed by atoms with Crippen LogP contribution in [0.3, 0.4) is 0 Å². The van der Waals surface area contributed by atoms with E-state index >= 15 is 0 Å². The molecule has 0 unspecified atom stereocenters. The Hall–Kier alpha value is -6.46. The molecule has 220 valence electrons. The molecule has 0 atom stereocenters. The van der Waals surface area contributed by atoms with Crippen molar-refractivity contribution in [1.82, 2.24) is 19.9 Å². The van der Waals surface area contributed by atoms with Crippen LogP contribution in [0.1, 0.15) is 0 Å². The van der Waals surface area contributed by atoms with Crippen LogP contribution in [0, 0.1) is 0 Å². The summed E-state index contributed by atoms with van der Waals surface area (Å²) in [6, 6.07) is 51.5. The number of rotatable bonds is 5. The largest absolute Gasteiger partial charge is 0.456 e. The molecule has 0 saturated heterocycles. The molecule has 5 heteroatoms. The number of nitrogens with zero attached hydrogens (tertiary/aromatic N) is 4. The lowest BCUT2D eigenvalue weighted by molar-refractivity contribution is 0.669. The minimum atomic E-state index is 0.590. The van der Waals surface area contributed by atoms with Gasteiger partial charge in [-0.25, -0.2) is 15.0 Å². The molecule has 0 aliphatic heterocycles. The van der Waals surface area contributed by atoms with Crippen LogP contribution in [-0.2, 0) is 0 Å². The Morgan fingerprint density at radius 3 is 1.83 bits per heavy atom. The predicted octanol–water partition coefficient (Wildman–Crippen LogP) is 10.7. The molecule has 0 fully saturated rings. The zero-order valence-corrected chi connectivity index (χ0v) is 25.2. The van der Waals surface area contributed by atoms with E-state index in [9.17, 15) is 0 Å². The molecule has 9 rings (SSSR count). The summed E-state index contributed by atoms with van der Waals surface area (Å²) < 4.78 is 6.21. The Bertz CT molecular complexity index is 2560. The number of hydrogen-bond acceptors (Lipinski definition) is 5. The maximum absolute atomic E-state index is 6.21. The molecule has 0 aliphatic carbocycles. The van der Waals surface area contributed by atoms with E-state index < -0.39 is 0 Å². The smallest absolute Gasteiger partial charge is 0.164 e. The molecule has 47 heavy (non-hydrogen) atoms. The quantitative estimate of drug-likeness (QED) is 0.196. The summed E-state index contributed by atoms with van der Waals surface area (Å²) in [5.41, 5.74) is 8.65. The first-order valence-electron chi connectivity index (χ1n) is 15.5. The Morgan fingerprint density at radius 1 is 0.404 bits per heavy atom. The van der Waals surface area contributed by atoms with Crippen LogP contribution in [0.4, 0.5) is 0 Å². The van der Waals surface area contributed by atoms with Crippen LogP contribution in [0.2, 0.25) is 0 Å². The van der Waals surface area contributed by atoms with Crippen molar-refractivity contribution in [1.29, 1.82) is 0 Å². The summed E-state index contributed by atoms with van der Waals surface area (Å²) in [6.07, 6.45) is 1.92. The number of furan rings is 1. The number of benzene rings is 6. The van der Waals surface area contributed by atoms with Gasteiger partial charge < -0.3 is 4.42 Å². The van der Waals surface area contributed by atoms with E-state index in [1.165, 1.54) is 0 Å². The van der Waals surface area contributed by atoms with Gasteiger partial charge in [-0.2, -0.15) is 0 Å². The Morgan fingerprint density at radius 2 is 1.02 bits per heavy atom. The van der Waals surface area contributed by atoms with Crippen LogP contribution < -0.4 is 0 Å². The van der Waals surface area contributed by atoms with Crippen LogP contribution in [-0.4, -0.2) is 19.9 Å². The molecule has 0 radical (unpaired) electrons. The zero-order valence-electron chi connectivity index (χ0n) is 25.2. The van der Waals surface area contributed by atoms with Gasteiger partial charge in [-0.05, 0) is 40.8 Å². The van der Waals surface area contributed by atoms with Gasteiger partial charge in [0.1, 0.15) is 11.2 Å². The molecule has 0 amide bonds. The third kappa shape index (κ3) is 4.91. The molecule has 0 N–H and O–H groups in total. The Balaban J connectivity index is 1.21. The highest BCUT2D eigenvalue weighted by Gasteiger charge is 2.18. The van der Waals surface area contributed by atoms with Crippen molar-refractivity contribution < 1.29 is 4.42 Å². The van der Waals surface area contributed by atoms with Gasteiger partial charge in [0.05, 0.1) is 5.69 Å². The number of para-hydroxylation sites is 1. The van der Waals surface area contributed by atoms with Crippen molar-refractivity contribution in [3.05, 3.63) is 158 Å². The molecular formula is C42H26N4O. The standard InChI is InChI=1S/C42H26N4O/c1-3-10-27(11-4-1)28-18-20-30(21-19-28)40-44-41(32-23-22-31-25-36(43-26-33(31)24-32)29-12-5-2-6-13-29)46-42(45-40)35-15-9-17-38-39(35)34-14-7-8-16-37(34)47-38/h1-26H. The van der Waals surface area contributed by atoms with Gasteiger partial charge in [0.2, 0.25) is 0 Å². The SMILES string of the molecule is c1ccc(-c2ccc(-c3nc(-c4ccc5cc(-c6ccccc6)ncc5c4)nc(-c4cccc5oc6ccccc6c45)n3)cc2)cc1. The summed E-state index contributed by atoms with van der Waals surface area (Å²) in [5.74, 6) is 1.79. The van der Waals surface area contributed by atoms with Crippen molar-refractivity contribution in [3.63, 3.8) is 0 Å². The molecule has 9 aromatic rings. The normalized spacial score (nSPS) is 11.4. The summed E-state index contributed by atoms with van der Waals surface area (Å²) in [7, 11) is 0. The third-order valence-electron chi connectivity index (χ3n) is 8.58. The number of pyridine rings is 1. The Labute approximate surface area is 270 Å². The minimum Gasteiger partial charge on any atom is -0.456 e. The molecule has 0 spiro atoms. The fraction of sp³-hybridized carbons (Fsp3) is 0. The van der Waals surface area contributed by atoms with Crippen molar-refractivity contribution in [2.75, 3.05) is 0 Å². The van der Waals surface area contributed by atoms with Crippen molar-refractivity contribution in [3.8, 4) is 56.5 Å². The van der Waals surface area contributed by atoms with Gasteiger partial charge >= 0.3 is 0 Å². The minimum absolute atomic E-state index is 0.590. The highest BCUT2D eigenvalue weighted by Crippen LogP contribution is 2.37. The fourth-order valence-electron chi connectivity index (χ4n) is 6.21. The first-order valence-corrected chi connectivity index (χ1v) is 15.5. The van der Waals surface area contributed by atoms with E-state index in [2.05, 4.69) is 97.1 Å². The van der Waals surface area contributed by atoms with E-state index in [4.69, 9.17) is 24.4 Å². The van der Waals surface area contributed by atoms with Crippen LogP contribution in [0.25, 0.3) is 89.3 Å². The van der Waals surface area contributed by atoms with Crippen LogP contribution >= 0.6 is 0 Å². The third-order valence-corrected chi connectivity index (χ3v) is 8.58. The second-order valence-electron chi connectivity index (χ2n) is 11.5. The number of fused-ring (bicyclic) bond motifs is 4. The summed E-state index contributed by atoms with van der Waals surface area (Å²) >= 11 is 0. The monoisotopic (exact) mass is 602 g/mol. The van der Waals surface area contributed by atoms with Crippen molar-refractivity contribution >= 4 is 32.7 Å². The van der Waals surface area contributed by atoms with E-state index in [0.717, 1.165) is 71.8 Å². The molecule has 0 aliphatic rings. The summed E-state index contributed by atoms with van der Waals surface area (Å²) in [5, 5.41) is 4.13. The van der Waals surface area contributed by atoms with E-state index in [0.29, 0.717) is 17.5 Å². The van der Waals surface area contributed by atoms with E-state index in [-0.39, 0.29) is 0 Å². The maximum atomic E-state index is 6.21. The molecule has 0 saturated carbocycles. The van der Waals surface area contributed by atoms with Gasteiger partial charge in [-0.3, -0.25) is 4.98 Å². The number of hydrogen-bond donors (Lipinski definition) is 0. The maximum Gasteiger partial charge on any atom is 0.164 e. The second-order valence-corrected chi connectivity index (χ2v) is 11.5. The van der Waals surface area contributed by atoms with Crippen molar-refractivity contribution in [2.24, 2.45) is 0 Å². The molecule has 5 nitrogen and oxygen atoms in total. The lowest BCUT2D eigenvalue weighted by Crippen LogP contribution is -2.00. The first kappa shape index (κ1) is 26.9. The summed E-state index contributed by atoms with van der Waals surface area (Å²) in [4.78, 5) is 20.0. The van der Waals surface area contributed by atoms with Crippen LogP contribution in [0.15, 0.2) is 162 Å². The van der Waals surface area contributed by atoms with Crippen molar-refractivity contribution in [2.45, 2.75) is 0 Å². The topological polar surface area (TPSA) is 64.7 Å². The molecule has 3 heterocycles. The van der Waals surface area contributed by atoms with Gasteiger partial charge in [0.15, 0.2) is 17.5 Å². The van der Waals surface area contributed by atoms with Gasteiger partial charge in [0, 0.05) is 44.6 Å². The second kappa shape index (κ2) is 11.2. The zero-order chi connectivity index (χ0) is 31.2. The lowest BCUT2D eigenvalue weighted by Gasteiger charge is -2.11. The van der Waals surface area contributed by atoms with E-state index in [1.807, 2.05) is 60.8 Å². The molecular weight excluding hydrogens is 576 g/mol. The molecule has 3 aromatic heterocycles.